The molecule has 0 radical (unpaired) electrons. The van der Waals surface area contributed by atoms with Crippen molar-refractivity contribution >= 4 is 17.7 Å². The fourth-order valence-electron chi connectivity index (χ4n) is 2.32. The van der Waals surface area contributed by atoms with Crippen LogP contribution in [0.3, 0.4) is 0 Å². The van der Waals surface area contributed by atoms with Gasteiger partial charge in [-0.2, -0.15) is 0 Å². The summed E-state index contributed by atoms with van der Waals surface area (Å²) in [5, 5.41) is 14.4. The summed E-state index contributed by atoms with van der Waals surface area (Å²) in [5.74, 6) is -1.11. The number of ether oxygens (including phenoxy) is 1. The number of carboxylic acid groups (broad SMARTS) is 1. The molecule has 0 saturated carbocycles. The Morgan fingerprint density at radius 1 is 1.50 bits per heavy atom. The van der Waals surface area contributed by atoms with Crippen LogP contribution in [0.5, 0.6) is 0 Å². The minimum Gasteiger partial charge on any atom is -0.477 e. The quantitative estimate of drug-likeness (QED) is 0.677. The molecule has 0 aliphatic carbocycles. The third-order valence-electron chi connectivity index (χ3n) is 3.27. The summed E-state index contributed by atoms with van der Waals surface area (Å²) in [7, 11) is 0. The summed E-state index contributed by atoms with van der Waals surface area (Å²) in [6.45, 7) is 4.80. The Morgan fingerprint density at radius 3 is 2.85 bits per heavy atom. The Morgan fingerprint density at radius 2 is 2.25 bits per heavy atom. The van der Waals surface area contributed by atoms with Crippen LogP contribution in [0.4, 0.5) is 10.5 Å². The van der Waals surface area contributed by atoms with Crippen LogP contribution < -0.4 is 10.6 Å². The standard InChI is InChI=1S/C13H19N3O4/c1-8-6-9(10(14-8)11(17)18)15-12(19)16-13(2)4-3-5-20-7-13/h6,14H,3-5,7H2,1-2H3,(H,17,18)(H2,15,16,19). The molecule has 7 nitrogen and oxygen atoms in total. The molecule has 1 aliphatic rings. The largest absolute Gasteiger partial charge is 0.477 e. The monoisotopic (exact) mass is 281 g/mol. The molecule has 0 bridgehead atoms. The number of amides is 2. The van der Waals surface area contributed by atoms with Crippen LogP contribution in [0.25, 0.3) is 0 Å². The second kappa shape index (κ2) is 5.54. The highest BCUT2D eigenvalue weighted by molar-refractivity contribution is 5.99. The number of rotatable bonds is 3. The maximum absolute atomic E-state index is 12.0. The van der Waals surface area contributed by atoms with Crippen molar-refractivity contribution in [3.63, 3.8) is 0 Å². The number of urea groups is 1. The number of anilines is 1. The number of hydrogen-bond acceptors (Lipinski definition) is 3. The Kier molecular flexibility index (Phi) is 3.99. The Labute approximate surface area is 116 Å². The first-order chi connectivity index (χ1) is 9.39. The van der Waals surface area contributed by atoms with Crippen LogP contribution in [-0.4, -0.2) is 40.8 Å². The van der Waals surface area contributed by atoms with Crippen molar-refractivity contribution in [1.82, 2.24) is 10.3 Å². The predicted molar refractivity (Wildman–Crippen MR) is 73.1 cm³/mol. The molecule has 1 aliphatic heterocycles. The number of aryl methyl sites for hydroxylation is 1. The number of hydrogen-bond donors (Lipinski definition) is 4. The number of aromatic nitrogens is 1. The maximum Gasteiger partial charge on any atom is 0.354 e. The van der Waals surface area contributed by atoms with Gasteiger partial charge in [0, 0.05) is 12.3 Å². The minimum atomic E-state index is -1.11. The molecule has 1 atom stereocenters. The van der Waals surface area contributed by atoms with Gasteiger partial charge in [0.1, 0.15) is 5.69 Å². The highest BCUT2D eigenvalue weighted by atomic mass is 16.5. The third kappa shape index (κ3) is 3.30. The average Bonchev–Trinajstić information content (AvgIpc) is 2.70. The fourth-order valence-corrected chi connectivity index (χ4v) is 2.32. The van der Waals surface area contributed by atoms with E-state index in [1.165, 1.54) is 0 Å². The van der Waals surface area contributed by atoms with Gasteiger partial charge in [-0.05, 0) is 32.8 Å². The molecule has 7 heteroatoms. The predicted octanol–water partition coefficient (Wildman–Crippen LogP) is 1.71. The molecule has 1 fully saturated rings. The van der Waals surface area contributed by atoms with Crippen molar-refractivity contribution in [2.75, 3.05) is 18.5 Å². The third-order valence-corrected chi connectivity index (χ3v) is 3.27. The second-order valence-electron chi connectivity index (χ2n) is 5.34. The van der Waals surface area contributed by atoms with Gasteiger partial charge in [-0.1, -0.05) is 0 Å². The highest BCUT2D eigenvalue weighted by Gasteiger charge is 2.29. The van der Waals surface area contributed by atoms with Crippen molar-refractivity contribution in [2.45, 2.75) is 32.2 Å². The van der Waals surface area contributed by atoms with Crippen LogP contribution in [0, 0.1) is 6.92 Å². The Hall–Kier alpha value is -2.02. The molecule has 0 aromatic carbocycles. The summed E-state index contributed by atoms with van der Waals surface area (Å²) in [6.07, 6.45) is 1.72. The number of carboxylic acids is 1. The van der Waals surface area contributed by atoms with E-state index in [1.807, 2.05) is 6.92 Å². The molecule has 110 valence electrons. The van der Waals surface area contributed by atoms with Gasteiger partial charge in [0.05, 0.1) is 17.8 Å². The zero-order valence-corrected chi connectivity index (χ0v) is 11.6. The molecular formula is C13H19N3O4. The average molecular weight is 281 g/mol. The van der Waals surface area contributed by atoms with Crippen molar-refractivity contribution in [3.05, 3.63) is 17.5 Å². The van der Waals surface area contributed by atoms with Gasteiger partial charge < -0.3 is 25.5 Å². The zero-order chi connectivity index (χ0) is 14.8. The number of nitrogens with one attached hydrogen (secondary N) is 3. The molecule has 1 aromatic heterocycles. The van der Waals surface area contributed by atoms with Crippen molar-refractivity contribution in [3.8, 4) is 0 Å². The van der Waals surface area contributed by atoms with E-state index < -0.39 is 17.5 Å². The molecule has 4 N–H and O–H groups in total. The molecule has 1 unspecified atom stereocenters. The Balaban J connectivity index is 2.02. The van der Waals surface area contributed by atoms with E-state index in [9.17, 15) is 9.59 Å². The first kappa shape index (κ1) is 14.4. The van der Waals surface area contributed by atoms with Crippen molar-refractivity contribution in [2.24, 2.45) is 0 Å². The van der Waals surface area contributed by atoms with Gasteiger partial charge in [0.2, 0.25) is 0 Å². The normalized spacial score (nSPS) is 22.3. The molecule has 1 saturated heterocycles. The van der Waals surface area contributed by atoms with E-state index in [2.05, 4.69) is 15.6 Å². The smallest absolute Gasteiger partial charge is 0.354 e. The van der Waals surface area contributed by atoms with E-state index in [4.69, 9.17) is 9.84 Å². The highest BCUT2D eigenvalue weighted by Crippen LogP contribution is 2.20. The number of aromatic amines is 1. The molecule has 2 amide bonds. The number of H-pyrrole nitrogens is 1. The van der Waals surface area contributed by atoms with Gasteiger partial charge in [0.15, 0.2) is 0 Å². The van der Waals surface area contributed by atoms with Gasteiger partial charge in [-0.3, -0.25) is 0 Å². The lowest BCUT2D eigenvalue weighted by molar-refractivity contribution is 0.0342. The summed E-state index contributed by atoms with van der Waals surface area (Å²) < 4.78 is 5.36. The van der Waals surface area contributed by atoms with Crippen LogP contribution in [0.15, 0.2) is 6.07 Å². The summed E-state index contributed by atoms with van der Waals surface area (Å²) >= 11 is 0. The first-order valence-electron chi connectivity index (χ1n) is 6.49. The van der Waals surface area contributed by atoms with Gasteiger partial charge in [-0.15, -0.1) is 0 Å². The SMILES string of the molecule is Cc1cc(NC(=O)NC2(C)CCCOC2)c(C(=O)O)[nH]1. The molecule has 2 heterocycles. The lowest BCUT2D eigenvalue weighted by Crippen LogP contribution is -2.52. The number of aromatic carboxylic acids is 1. The summed E-state index contributed by atoms with van der Waals surface area (Å²) in [6, 6.07) is 1.16. The molecular weight excluding hydrogens is 262 g/mol. The van der Waals surface area contributed by atoms with Gasteiger partial charge in [0.25, 0.3) is 0 Å². The molecule has 20 heavy (non-hydrogen) atoms. The molecule has 2 rings (SSSR count). The Bertz CT molecular complexity index is 518. The van der Waals surface area contributed by atoms with Crippen LogP contribution in [-0.2, 0) is 4.74 Å². The van der Waals surface area contributed by atoms with Crippen LogP contribution >= 0.6 is 0 Å². The lowest BCUT2D eigenvalue weighted by atomic mass is 9.95. The number of carbonyl (C=O) groups excluding carboxylic acids is 1. The second-order valence-corrected chi connectivity index (χ2v) is 5.34. The van der Waals surface area contributed by atoms with E-state index in [0.29, 0.717) is 18.9 Å². The van der Waals surface area contributed by atoms with Crippen molar-refractivity contribution in [1.29, 1.82) is 0 Å². The van der Waals surface area contributed by atoms with Crippen LogP contribution in [0.2, 0.25) is 0 Å². The topological polar surface area (TPSA) is 103 Å². The van der Waals surface area contributed by atoms with E-state index in [-0.39, 0.29) is 11.4 Å². The van der Waals surface area contributed by atoms with Gasteiger partial charge in [-0.25, -0.2) is 9.59 Å². The van der Waals surface area contributed by atoms with Gasteiger partial charge >= 0.3 is 12.0 Å². The first-order valence-corrected chi connectivity index (χ1v) is 6.49. The maximum atomic E-state index is 12.0. The summed E-state index contributed by atoms with van der Waals surface area (Å²) in [5.41, 5.74) is 0.484. The molecule has 0 spiro atoms. The minimum absolute atomic E-state index is 0.0253. The zero-order valence-electron chi connectivity index (χ0n) is 11.6. The van der Waals surface area contributed by atoms with E-state index >= 15 is 0 Å². The van der Waals surface area contributed by atoms with Crippen LogP contribution in [0.1, 0.15) is 35.9 Å². The molecule has 1 aromatic rings. The lowest BCUT2D eigenvalue weighted by Gasteiger charge is -2.34. The fraction of sp³-hybridized carbons (Fsp3) is 0.538. The van der Waals surface area contributed by atoms with Crippen molar-refractivity contribution < 1.29 is 19.4 Å². The summed E-state index contributed by atoms with van der Waals surface area (Å²) in [4.78, 5) is 25.7. The van der Waals surface area contributed by atoms with E-state index in [0.717, 1.165) is 12.8 Å². The van der Waals surface area contributed by atoms with E-state index in [1.54, 1.807) is 13.0 Å². The number of carbonyl (C=O) groups is 2.